The van der Waals surface area contributed by atoms with Gasteiger partial charge in [0.25, 0.3) is 0 Å². The Morgan fingerprint density at radius 1 is 1.35 bits per heavy atom. The number of para-hydroxylation sites is 1. The molecule has 0 atom stereocenters. The normalized spacial score (nSPS) is 10.5. The maximum atomic E-state index is 5.57. The first-order chi connectivity index (χ1) is 9.85. The molecular weight excluding hydrogens is 254 g/mol. The Kier molecular flexibility index (Phi) is 5.43. The summed E-state index contributed by atoms with van der Waals surface area (Å²) in [6, 6.07) is 5.96. The highest BCUT2D eigenvalue weighted by Gasteiger charge is 2.09. The number of hydrogen-bond donors (Lipinski definition) is 1. The van der Waals surface area contributed by atoms with Crippen LogP contribution in [0.25, 0.3) is 0 Å². The third-order valence-corrected chi connectivity index (χ3v) is 2.99. The number of aromatic nitrogens is 2. The Morgan fingerprint density at radius 2 is 2.25 bits per heavy atom. The van der Waals surface area contributed by atoms with Gasteiger partial charge in [0.1, 0.15) is 0 Å². The highest BCUT2D eigenvalue weighted by Crippen LogP contribution is 2.30. The average molecular weight is 275 g/mol. The van der Waals surface area contributed by atoms with Gasteiger partial charge in [-0.1, -0.05) is 12.1 Å². The maximum absolute atomic E-state index is 5.57. The summed E-state index contributed by atoms with van der Waals surface area (Å²) in [5.74, 6) is 1.60. The molecule has 0 aliphatic rings. The van der Waals surface area contributed by atoms with Gasteiger partial charge >= 0.3 is 0 Å². The second-order valence-electron chi connectivity index (χ2n) is 4.36. The van der Waals surface area contributed by atoms with Gasteiger partial charge < -0.3 is 19.4 Å². The van der Waals surface area contributed by atoms with Crippen LogP contribution in [0.15, 0.2) is 36.9 Å². The second-order valence-corrected chi connectivity index (χ2v) is 4.36. The molecule has 0 radical (unpaired) electrons. The molecule has 0 amide bonds. The smallest absolute Gasteiger partial charge is 0.165 e. The lowest BCUT2D eigenvalue weighted by atomic mass is 10.2. The van der Waals surface area contributed by atoms with Crippen LogP contribution in [0.4, 0.5) is 0 Å². The van der Waals surface area contributed by atoms with Crippen molar-refractivity contribution >= 4 is 0 Å². The molecule has 0 aliphatic carbocycles. The largest absolute Gasteiger partial charge is 0.493 e. The van der Waals surface area contributed by atoms with Crippen molar-refractivity contribution in [2.24, 2.45) is 0 Å². The Labute approximate surface area is 119 Å². The maximum Gasteiger partial charge on any atom is 0.165 e. The van der Waals surface area contributed by atoms with Gasteiger partial charge in [0.2, 0.25) is 0 Å². The third kappa shape index (κ3) is 3.74. The zero-order valence-electron chi connectivity index (χ0n) is 12.0. The summed E-state index contributed by atoms with van der Waals surface area (Å²) < 4.78 is 13.1. The van der Waals surface area contributed by atoms with Gasteiger partial charge in [0.05, 0.1) is 20.0 Å². The molecule has 5 heteroatoms. The summed E-state index contributed by atoms with van der Waals surface area (Å²) >= 11 is 0. The molecule has 0 saturated heterocycles. The molecule has 1 heterocycles. The predicted molar refractivity (Wildman–Crippen MR) is 78.1 cm³/mol. The van der Waals surface area contributed by atoms with Crippen LogP contribution in [0.3, 0.4) is 0 Å². The fourth-order valence-electron chi connectivity index (χ4n) is 2.05. The van der Waals surface area contributed by atoms with Crippen molar-refractivity contribution in [1.82, 2.24) is 14.9 Å². The predicted octanol–water partition coefficient (Wildman–Crippen LogP) is 2.08. The van der Waals surface area contributed by atoms with E-state index in [4.69, 9.17) is 9.47 Å². The highest BCUT2D eigenvalue weighted by molar-refractivity contribution is 5.46. The third-order valence-electron chi connectivity index (χ3n) is 2.99. The highest BCUT2D eigenvalue weighted by atomic mass is 16.5. The van der Waals surface area contributed by atoms with E-state index in [-0.39, 0.29) is 0 Å². The number of ether oxygens (including phenoxy) is 2. The molecule has 0 aliphatic heterocycles. The lowest BCUT2D eigenvalue weighted by Crippen LogP contribution is -2.19. The number of rotatable bonds is 8. The van der Waals surface area contributed by atoms with Gasteiger partial charge in [-0.25, -0.2) is 4.98 Å². The number of nitrogens with one attached hydrogen (secondary N) is 1. The lowest BCUT2D eigenvalue weighted by molar-refractivity contribution is 0.308. The Hall–Kier alpha value is -2.01. The van der Waals surface area contributed by atoms with Crippen LogP contribution >= 0.6 is 0 Å². The van der Waals surface area contributed by atoms with Crippen molar-refractivity contribution in [2.75, 3.05) is 20.3 Å². The molecule has 1 N–H and O–H groups in total. The van der Waals surface area contributed by atoms with E-state index in [0.29, 0.717) is 6.61 Å². The molecule has 0 saturated carbocycles. The molecule has 2 rings (SSSR count). The lowest BCUT2D eigenvalue weighted by Gasteiger charge is -2.14. The van der Waals surface area contributed by atoms with E-state index in [1.807, 2.05) is 42.2 Å². The minimum Gasteiger partial charge on any atom is -0.493 e. The molecule has 2 aromatic rings. The number of methoxy groups -OCH3 is 1. The molecular formula is C15H21N3O2. The van der Waals surface area contributed by atoms with E-state index in [2.05, 4.69) is 10.3 Å². The van der Waals surface area contributed by atoms with E-state index >= 15 is 0 Å². The molecule has 0 spiro atoms. The van der Waals surface area contributed by atoms with E-state index < -0.39 is 0 Å². The minimum atomic E-state index is 0.633. The number of benzene rings is 1. The van der Waals surface area contributed by atoms with Gasteiger partial charge in [0.15, 0.2) is 11.5 Å². The topological polar surface area (TPSA) is 48.3 Å². The van der Waals surface area contributed by atoms with Crippen LogP contribution < -0.4 is 14.8 Å². The second kappa shape index (κ2) is 7.55. The number of nitrogens with zero attached hydrogens (tertiary/aromatic N) is 2. The SMILES string of the molecule is CCOc1cccc(CNCCn2ccnc2)c1OC. The first-order valence-electron chi connectivity index (χ1n) is 6.80. The average Bonchev–Trinajstić information content (AvgIpc) is 2.97. The van der Waals surface area contributed by atoms with E-state index in [0.717, 1.165) is 36.7 Å². The summed E-state index contributed by atoms with van der Waals surface area (Å²) in [7, 11) is 1.67. The summed E-state index contributed by atoms with van der Waals surface area (Å²) in [5, 5.41) is 3.40. The van der Waals surface area contributed by atoms with Gasteiger partial charge in [-0.3, -0.25) is 0 Å². The van der Waals surface area contributed by atoms with E-state index in [1.54, 1.807) is 13.3 Å². The van der Waals surface area contributed by atoms with E-state index in [9.17, 15) is 0 Å². The Morgan fingerprint density at radius 3 is 2.95 bits per heavy atom. The van der Waals surface area contributed by atoms with Crippen molar-refractivity contribution in [3.8, 4) is 11.5 Å². The molecule has 20 heavy (non-hydrogen) atoms. The van der Waals surface area contributed by atoms with Crippen molar-refractivity contribution in [1.29, 1.82) is 0 Å². The van der Waals surface area contributed by atoms with Gasteiger partial charge in [0, 0.05) is 37.6 Å². The van der Waals surface area contributed by atoms with Crippen molar-refractivity contribution in [2.45, 2.75) is 20.0 Å². The zero-order chi connectivity index (χ0) is 14.2. The van der Waals surface area contributed by atoms with Crippen molar-refractivity contribution in [3.05, 3.63) is 42.5 Å². The molecule has 0 bridgehead atoms. The monoisotopic (exact) mass is 275 g/mol. The van der Waals surface area contributed by atoms with Gasteiger partial charge in [-0.2, -0.15) is 0 Å². The van der Waals surface area contributed by atoms with Crippen LogP contribution in [-0.4, -0.2) is 29.8 Å². The van der Waals surface area contributed by atoms with Gasteiger partial charge in [-0.15, -0.1) is 0 Å². The summed E-state index contributed by atoms with van der Waals surface area (Å²) in [6.07, 6.45) is 5.56. The molecule has 0 unspecified atom stereocenters. The number of imidazole rings is 1. The quantitative estimate of drug-likeness (QED) is 0.749. The summed E-state index contributed by atoms with van der Waals surface area (Å²) in [4.78, 5) is 4.02. The van der Waals surface area contributed by atoms with Crippen LogP contribution in [0.5, 0.6) is 11.5 Å². The fraction of sp³-hybridized carbons (Fsp3) is 0.400. The van der Waals surface area contributed by atoms with E-state index in [1.165, 1.54) is 0 Å². The van der Waals surface area contributed by atoms with Crippen molar-refractivity contribution in [3.63, 3.8) is 0 Å². The van der Waals surface area contributed by atoms with Crippen LogP contribution in [0, 0.1) is 0 Å². The fourth-order valence-corrected chi connectivity index (χ4v) is 2.05. The van der Waals surface area contributed by atoms with Crippen molar-refractivity contribution < 1.29 is 9.47 Å². The van der Waals surface area contributed by atoms with Crippen LogP contribution in [0.1, 0.15) is 12.5 Å². The summed E-state index contributed by atoms with van der Waals surface area (Å²) in [5.41, 5.74) is 1.10. The zero-order valence-corrected chi connectivity index (χ0v) is 12.0. The number of hydrogen-bond acceptors (Lipinski definition) is 4. The van der Waals surface area contributed by atoms with Crippen LogP contribution in [0.2, 0.25) is 0 Å². The minimum absolute atomic E-state index is 0.633. The molecule has 108 valence electrons. The van der Waals surface area contributed by atoms with Crippen LogP contribution in [-0.2, 0) is 13.1 Å². The molecule has 1 aromatic heterocycles. The molecule has 0 fully saturated rings. The Bertz CT molecular complexity index is 512. The molecule has 1 aromatic carbocycles. The van der Waals surface area contributed by atoms with Gasteiger partial charge in [-0.05, 0) is 13.0 Å². The first-order valence-corrected chi connectivity index (χ1v) is 6.80. The first kappa shape index (κ1) is 14.4. The Balaban J connectivity index is 1.90. The summed E-state index contributed by atoms with van der Waals surface area (Å²) in [6.45, 7) is 5.12. The standard InChI is InChI=1S/C15H21N3O2/c1-3-20-14-6-4-5-13(15(14)19-2)11-16-7-9-18-10-8-17-12-18/h4-6,8,10,12,16H,3,7,9,11H2,1-2H3. The molecule has 5 nitrogen and oxygen atoms in total.